The molecule has 1 aromatic heterocycles. The second kappa shape index (κ2) is 3.49. The Bertz CT molecular complexity index is 558. The molecule has 0 amide bonds. The fourth-order valence-corrected chi connectivity index (χ4v) is 5.22. The molecule has 4 bridgehead atoms. The van der Waals surface area contributed by atoms with Crippen LogP contribution in [0.25, 0.3) is 0 Å². The van der Waals surface area contributed by atoms with E-state index in [0.29, 0.717) is 0 Å². The molecule has 4 aliphatic rings. The number of nitrogens with zero attached hydrogens (tertiary/aromatic N) is 3. The fraction of sp³-hybridized carbons (Fsp3) is 0.769. The predicted molar refractivity (Wildman–Crippen MR) is 71.3 cm³/mol. The van der Waals surface area contributed by atoms with Crippen LogP contribution in [0.2, 0.25) is 0 Å². The van der Waals surface area contributed by atoms with Crippen LogP contribution in [0.15, 0.2) is 4.79 Å². The van der Waals surface area contributed by atoms with Crippen molar-refractivity contribution in [3.63, 3.8) is 0 Å². The molecular formula is C13H19N5O. The van der Waals surface area contributed by atoms with Gasteiger partial charge in [-0.15, -0.1) is 0 Å². The predicted octanol–water partition coefficient (Wildman–Crippen LogP) is 0.728. The Morgan fingerprint density at radius 1 is 1.00 bits per heavy atom. The lowest BCUT2D eigenvalue weighted by Gasteiger charge is -2.57. The summed E-state index contributed by atoms with van der Waals surface area (Å²) in [4.78, 5) is 20.0. The van der Waals surface area contributed by atoms with E-state index in [2.05, 4.69) is 9.97 Å². The maximum Gasteiger partial charge on any atom is 0.354 e. The number of rotatable bonds is 1. The molecule has 6 nitrogen and oxygen atoms in total. The van der Waals surface area contributed by atoms with E-state index in [1.807, 2.05) is 0 Å². The summed E-state index contributed by atoms with van der Waals surface area (Å²) in [5.41, 5.74) is 11.0. The number of hydrogen-bond donors (Lipinski definition) is 2. The number of nitrogen functional groups attached to an aromatic ring is 2. The van der Waals surface area contributed by atoms with Gasteiger partial charge in [0.15, 0.2) is 0 Å². The molecule has 102 valence electrons. The molecule has 1 heterocycles. The maximum absolute atomic E-state index is 12.2. The fourth-order valence-electron chi connectivity index (χ4n) is 5.22. The van der Waals surface area contributed by atoms with Crippen molar-refractivity contribution in [2.24, 2.45) is 17.8 Å². The van der Waals surface area contributed by atoms with Gasteiger partial charge in [0.25, 0.3) is 0 Å². The van der Waals surface area contributed by atoms with E-state index >= 15 is 0 Å². The second-order valence-corrected chi connectivity index (χ2v) is 6.70. The Kier molecular flexibility index (Phi) is 2.07. The number of aromatic nitrogens is 3. The monoisotopic (exact) mass is 261 g/mol. The first-order valence-electron chi connectivity index (χ1n) is 7.08. The van der Waals surface area contributed by atoms with E-state index in [4.69, 9.17) is 11.5 Å². The Hall–Kier alpha value is -1.59. The van der Waals surface area contributed by atoms with Gasteiger partial charge >= 0.3 is 5.69 Å². The van der Waals surface area contributed by atoms with Gasteiger partial charge in [-0.25, -0.2) is 4.79 Å². The van der Waals surface area contributed by atoms with Crippen molar-refractivity contribution >= 4 is 11.9 Å². The third-order valence-corrected chi connectivity index (χ3v) is 5.34. The Labute approximate surface area is 111 Å². The highest BCUT2D eigenvalue weighted by atomic mass is 16.1. The third-order valence-electron chi connectivity index (χ3n) is 5.34. The first-order valence-corrected chi connectivity index (χ1v) is 7.08. The standard InChI is InChI=1S/C13H19N5O/c14-10-16-11(15)18(12(19)17-10)13-4-7-1-8(5-13)3-9(2-7)6-13/h7-9H,1-6H2,(H4,14,15,16,17,19). The summed E-state index contributed by atoms with van der Waals surface area (Å²) in [7, 11) is 0. The Morgan fingerprint density at radius 2 is 1.53 bits per heavy atom. The van der Waals surface area contributed by atoms with Crippen LogP contribution in [-0.4, -0.2) is 14.5 Å². The lowest BCUT2D eigenvalue weighted by Crippen LogP contribution is -2.55. The minimum Gasteiger partial charge on any atom is -0.369 e. The first kappa shape index (κ1) is 11.3. The Balaban J connectivity index is 1.86. The van der Waals surface area contributed by atoms with Crippen molar-refractivity contribution in [3.05, 3.63) is 10.5 Å². The highest BCUT2D eigenvalue weighted by Crippen LogP contribution is 2.58. The molecule has 0 radical (unpaired) electrons. The molecule has 4 aliphatic carbocycles. The molecule has 5 rings (SSSR count). The van der Waals surface area contributed by atoms with Crippen LogP contribution in [0.1, 0.15) is 38.5 Å². The van der Waals surface area contributed by atoms with Gasteiger partial charge in [0.2, 0.25) is 11.9 Å². The molecule has 0 aliphatic heterocycles. The van der Waals surface area contributed by atoms with E-state index in [1.54, 1.807) is 4.57 Å². The molecule has 0 spiro atoms. The molecule has 4 N–H and O–H groups in total. The maximum atomic E-state index is 12.2. The number of hydrogen-bond acceptors (Lipinski definition) is 5. The van der Waals surface area contributed by atoms with Gasteiger partial charge in [0, 0.05) is 0 Å². The summed E-state index contributed by atoms with van der Waals surface area (Å²) in [5, 5.41) is 0. The second-order valence-electron chi connectivity index (χ2n) is 6.70. The van der Waals surface area contributed by atoms with Crippen LogP contribution < -0.4 is 17.2 Å². The van der Waals surface area contributed by atoms with E-state index in [1.165, 1.54) is 19.3 Å². The van der Waals surface area contributed by atoms with E-state index in [0.717, 1.165) is 37.0 Å². The van der Waals surface area contributed by atoms with Crippen LogP contribution >= 0.6 is 0 Å². The average molecular weight is 261 g/mol. The molecular weight excluding hydrogens is 242 g/mol. The highest BCUT2D eigenvalue weighted by Gasteiger charge is 2.53. The van der Waals surface area contributed by atoms with Crippen molar-refractivity contribution in [2.45, 2.75) is 44.1 Å². The molecule has 0 aromatic carbocycles. The first-order chi connectivity index (χ1) is 9.06. The topological polar surface area (TPSA) is 99.8 Å². The molecule has 1 aromatic rings. The van der Waals surface area contributed by atoms with E-state index in [9.17, 15) is 4.79 Å². The molecule has 4 saturated carbocycles. The van der Waals surface area contributed by atoms with Gasteiger partial charge in [0.1, 0.15) is 0 Å². The van der Waals surface area contributed by atoms with Crippen molar-refractivity contribution in [2.75, 3.05) is 11.5 Å². The van der Waals surface area contributed by atoms with Gasteiger partial charge in [-0.1, -0.05) is 0 Å². The normalized spacial score (nSPS) is 39.7. The largest absolute Gasteiger partial charge is 0.369 e. The van der Waals surface area contributed by atoms with Crippen molar-refractivity contribution < 1.29 is 0 Å². The summed E-state index contributed by atoms with van der Waals surface area (Å²) in [5.74, 6) is 2.45. The summed E-state index contributed by atoms with van der Waals surface area (Å²) in [6, 6.07) is 0. The lowest BCUT2D eigenvalue weighted by atomic mass is 9.53. The van der Waals surface area contributed by atoms with Crippen molar-refractivity contribution in [1.29, 1.82) is 0 Å². The Morgan fingerprint density at radius 3 is 2.00 bits per heavy atom. The number of nitrogens with two attached hydrogens (primary N) is 2. The van der Waals surface area contributed by atoms with Crippen molar-refractivity contribution in [3.8, 4) is 0 Å². The van der Waals surface area contributed by atoms with Crippen LogP contribution in [0, 0.1) is 17.8 Å². The highest BCUT2D eigenvalue weighted by molar-refractivity contribution is 5.28. The molecule has 19 heavy (non-hydrogen) atoms. The molecule has 0 atom stereocenters. The molecule has 0 unspecified atom stereocenters. The zero-order valence-electron chi connectivity index (χ0n) is 10.9. The molecule has 6 heteroatoms. The smallest absolute Gasteiger partial charge is 0.354 e. The van der Waals surface area contributed by atoms with Gasteiger partial charge < -0.3 is 11.5 Å². The summed E-state index contributed by atoms with van der Waals surface area (Å²) in [6.45, 7) is 0. The molecule has 4 fully saturated rings. The summed E-state index contributed by atoms with van der Waals surface area (Å²) < 4.78 is 1.65. The summed E-state index contributed by atoms with van der Waals surface area (Å²) >= 11 is 0. The van der Waals surface area contributed by atoms with Crippen LogP contribution in [0.4, 0.5) is 11.9 Å². The minimum atomic E-state index is -0.327. The zero-order valence-corrected chi connectivity index (χ0v) is 10.9. The van der Waals surface area contributed by atoms with E-state index in [-0.39, 0.29) is 23.1 Å². The molecule has 0 saturated heterocycles. The average Bonchev–Trinajstić information content (AvgIpc) is 2.24. The van der Waals surface area contributed by atoms with E-state index < -0.39 is 0 Å². The summed E-state index contributed by atoms with van der Waals surface area (Å²) in [6.07, 6.45) is 7.13. The lowest BCUT2D eigenvalue weighted by molar-refractivity contribution is -0.0446. The zero-order chi connectivity index (χ0) is 13.2. The third kappa shape index (κ3) is 1.52. The minimum absolute atomic E-state index is 0.0246. The van der Waals surface area contributed by atoms with Gasteiger partial charge in [-0.05, 0) is 56.3 Å². The van der Waals surface area contributed by atoms with Crippen LogP contribution in [0.5, 0.6) is 0 Å². The quantitative estimate of drug-likeness (QED) is 0.776. The van der Waals surface area contributed by atoms with Gasteiger partial charge in [-0.2, -0.15) is 9.97 Å². The van der Waals surface area contributed by atoms with Crippen LogP contribution in [-0.2, 0) is 5.54 Å². The van der Waals surface area contributed by atoms with Crippen molar-refractivity contribution in [1.82, 2.24) is 14.5 Å². The van der Waals surface area contributed by atoms with Gasteiger partial charge in [0.05, 0.1) is 5.54 Å². The SMILES string of the molecule is Nc1nc(N)n(C23CC4CC(CC(C4)C2)C3)c(=O)n1. The van der Waals surface area contributed by atoms with Gasteiger partial charge in [-0.3, -0.25) is 4.57 Å². The van der Waals surface area contributed by atoms with Crippen LogP contribution in [0.3, 0.4) is 0 Å². The number of anilines is 2.